The largest absolute Gasteiger partial charge is 0.292 e. The summed E-state index contributed by atoms with van der Waals surface area (Å²) >= 11 is 0. The number of carbonyl (C=O) groups is 3. The van der Waals surface area contributed by atoms with Crippen molar-refractivity contribution in [3.8, 4) is 0 Å². The molecule has 0 N–H and O–H groups in total. The fourth-order valence-corrected chi connectivity index (χ4v) is 3.51. The number of rotatable bonds is 3. The third-order valence-corrected chi connectivity index (χ3v) is 5.04. The summed E-state index contributed by atoms with van der Waals surface area (Å²) in [5.74, 6) is -1.11. The lowest BCUT2D eigenvalue weighted by Crippen LogP contribution is -2.36. The van der Waals surface area contributed by atoms with Crippen LogP contribution in [-0.4, -0.2) is 29.0 Å². The van der Waals surface area contributed by atoms with Crippen LogP contribution in [0.2, 0.25) is 0 Å². The van der Waals surface area contributed by atoms with Gasteiger partial charge < -0.3 is 0 Å². The SMILES string of the molecule is Cc1cc(C)c(C(=O)CN2C(=O)[C@H]3CC=CC[C@@H]3C2=O)cc1C. The zero-order valence-electron chi connectivity index (χ0n) is 13.8. The van der Waals surface area contributed by atoms with Crippen LogP contribution >= 0.6 is 0 Å². The number of allylic oxidation sites excluding steroid dienone is 2. The van der Waals surface area contributed by atoms with E-state index >= 15 is 0 Å². The van der Waals surface area contributed by atoms with E-state index in [2.05, 4.69) is 0 Å². The molecule has 1 aliphatic heterocycles. The summed E-state index contributed by atoms with van der Waals surface area (Å²) in [6.45, 7) is 5.70. The number of imide groups is 1. The molecule has 0 saturated carbocycles. The molecule has 4 heteroatoms. The van der Waals surface area contributed by atoms with E-state index in [9.17, 15) is 14.4 Å². The Labute approximate surface area is 136 Å². The number of likely N-dealkylation sites (tertiary alicyclic amines) is 1. The van der Waals surface area contributed by atoms with E-state index < -0.39 is 0 Å². The van der Waals surface area contributed by atoms with Crippen molar-refractivity contribution in [2.24, 2.45) is 11.8 Å². The second kappa shape index (κ2) is 5.76. The van der Waals surface area contributed by atoms with Crippen molar-refractivity contribution in [1.29, 1.82) is 0 Å². The first-order chi connectivity index (χ1) is 10.9. The number of amides is 2. The monoisotopic (exact) mass is 311 g/mol. The number of benzene rings is 1. The Bertz CT molecular complexity index is 706. The van der Waals surface area contributed by atoms with Crippen molar-refractivity contribution in [2.45, 2.75) is 33.6 Å². The summed E-state index contributed by atoms with van der Waals surface area (Å²) in [4.78, 5) is 38.7. The smallest absolute Gasteiger partial charge is 0.233 e. The molecule has 0 bridgehead atoms. The molecule has 120 valence electrons. The van der Waals surface area contributed by atoms with Crippen molar-refractivity contribution >= 4 is 17.6 Å². The van der Waals surface area contributed by atoms with Gasteiger partial charge in [-0.05, 0) is 56.4 Å². The van der Waals surface area contributed by atoms with Crippen LogP contribution in [0.3, 0.4) is 0 Å². The number of ketones is 1. The molecule has 0 aromatic heterocycles. The van der Waals surface area contributed by atoms with Crippen LogP contribution in [0.15, 0.2) is 24.3 Å². The summed E-state index contributed by atoms with van der Waals surface area (Å²) in [6, 6.07) is 3.83. The van der Waals surface area contributed by atoms with Crippen molar-refractivity contribution in [3.05, 3.63) is 46.5 Å². The van der Waals surface area contributed by atoms with E-state index in [1.165, 1.54) is 4.90 Å². The van der Waals surface area contributed by atoms with Gasteiger partial charge in [-0.15, -0.1) is 0 Å². The first kappa shape index (κ1) is 15.7. The molecule has 2 atom stereocenters. The van der Waals surface area contributed by atoms with Crippen LogP contribution < -0.4 is 0 Å². The minimum atomic E-state index is -0.277. The van der Waals surface area contributed by atoms with E-state index in [-0.39, 0.29) is 36.0 Å². The maximum atomic E-state index is 12.6. The Morgan fingerprint density at radius 2 is 1.48 bits per heavy atom. The Hall–Kier alpha value is -2.23. The minimum absolute atomic E-state index is 0.145. The number of fused-ring (bicyclic) bond motifs is 1. The van der Waals surface area contributed by atoms with Gasteiger partial charge in [0.2, 0.25) is 11.8 Å². The maximum Gasteiger partial charge on any atom is 0.233 e. The lowest BCUT2D eigenvalue weighted by Gasteiger charge is -2.15. The fraction of sp³-hybridized carbons (Fsp3) is 0.421. The van der Waals surface area contributed by atoms with Crippen molar-refractivity contribution in [3.63, 3.8) is 0 Å². The number of hydrogen-bond donors (Lipinski definition) is 0. The van der Waals surface area contributed by atoms with Crippen LogP contribution in [0.1, 0.15) is 39.9 Å². The highest BCUT2D eigenvalue weighted by molar-refractivity contribution is 6.10. The molecular weight excluding hydrogens is 290 g/mol. The van der Waals surface area contributed by atoms with Crippen LogP contribution in [0, 0.1) is 32.6 Å². The first-order valence-electron chi connectivity index (χ1n) is 8.01. The average molecular weight is 311 g/mol. The molecule has 1 heterocycles. The normalized spacial score (nSPS) is 23.3. The third-order valence-electron chi connectivity index (χ3n) is 5.04. The topological polar surface area (TPSA) is 54.5 Å². The summed E-state index contributed by atoms with van der Waals surface area (Å²) in [5.41, 5.74) is 3.65. The molecule has 1 aromatic rings. The summed E-state index contributed by atoms with van der Waals surface area (Å²) in [6.07, 6.45) is 5.10. The van der Waals surface area contributed by atoms with Gasteiger partial charge in [-0.1, -0.05) is 18.2 Å². The van der Waals surface area contributed by atoms with E-state index in [1.807, 2.05) is 45.1 Å². The van der Waals surface area contributed by atoms with E-state index in [4.69, 9.17) is 0 Å². The van der Waals surface area contributed by atoms with Gasteiger partial charge >= 0.3 is 0 Å². The van der Waals surface area contributed by atoms with Gasteiger partial charge in [0.1, 0.15) is 0 Å². The quantitative estimate of drug-likeness (QED) is 0.490. The summed E-state index contributed by atoms with van der Waals surface area (Å²) < 4.78 is 0. The van der Waals surface area contributed by atoms with Gasteiger partial charge in [-0.3, -0.25) is 19.3 Å². The standard InChI is InChI=1S/C19H21NO3/c1-11-8-13(3)16(9-12(11)2)17(21)10-20-18(22)14-6-4-5-7-15(14)19(20)23/h4-5,8-9,14-15H,6-7,10H2,1-3H3/t14-,15-/m0/s1. The van der Waals surface area contributed by atoms with Crippen molar-refractivity contribution < 1.29 is 14.4 Å². The van der Waals surface area contributed by atoms with Crippen molar-refractivity contribution in [1.82, 2.24) is 4.90 Å². The lowest BCUT2D eigenvalue weighted by atomic mass is 9.85. The van der Waals surface area contributed by atoms with Crippen LogP contribution in [0.4, 0.5) is 0 Å². The predicted molar refractivity (Wildman–Crippen MR) is 87.1 cm³/mol. The van der Waals surface area contributed by atoms with Gasteiger partial charge in [-0.25, -0.2) is 0 Å². The van der Waals surface area contributed by atoms with Crippen molar-refractivity contribution in [2.75, 3.05) is 6.54 Å². The molecule has 0 unspecified atom stereocenters. The van der Waals surface area contributed by atoms with Gasteiger partial charge in [0.15, 0.2) is 5.78 Å². The second-order valence-electron chi connectivity index (χ2n) is 6.59. The van der Waals surface area contributed by atoms with Gasteiger partial charge in [0.25, 0.3) is 0 Å². The van der Waals surface area contributed by atoms with E-state index in [0.29, 0.717) is 18.4 Å². The minimum Gasteiger partial charge on any atom is -0.292 e. The molecule has 2 amide bonds. The molecule has 0 radical (unpaired) electrons. The second-order valence-corrected chi connectivity index (χ2v) is 6.59. The Balaban J connectivity index is 1.82. The molecule has 3 rings (SSSR count). The van der Waals surface area contributed by atoms with Gasteiger partial charge in [-0.2, -0.15) is 0 Å². The van der Waals surface area contributed by atoms with E-state index in [1.54, 1.807) is 0 Å². The molecule has 1 saturated heterocycles. The number of hydrogen-bond acceptors (Lipinski definition) is 3. The zero-order valence-corrected chi connectivity index (χ0v) is 13.8. The van der Waals surface area contributed by atoms with Gasteiger partial charge in [0.05, 0.1) is 18.4 Å². The molecule has 4 nitrogen and oxygen atoms in total. The van der Waals surface area contributed by atoms with Crippen LogP contribution in [-0.2, 0) is 9.59 Å². The molecular formula is C19H21NO3. The third kappa shape index (κ3) is 2.62. The summed E-state index contributed by atoms with van der Waals surface area (Å²) in [7, 11) is 0. The number of nitrogens with zero attached hydrogens (tertiary/aromatic N) is 1. The van der Waals surface area contributed by atoms with Gasteiger partial charge in [0, 0.05) is 5.56 Å². The number of carbonyl (C=O) groups excluding carboxylic acids is 3. The maximum absolute atomic E-state index is 12.6. The predicted octanol–water partition coefficient (Wildman–Crippen LogP) is 2.75. The molecule has 1 fully saturated rings. The molecule has 23 heavy (non-hydrogen) atoms. The summed E-state index contributed by atoms with van der Waals surface area (Å²) in [5, 5.41) is 0. The Kier molecular flexibility index (Phi) is 3.92. The Morgan fingerprint density at radius 1 is 0.957 bits per heavy atom. The highest BCUT2D eigenvalue weighted by atomic mass is 16.2. The molecule has 1 aliphatic carbocycles. The Morgan fingerprint density at radius 3 is 2.04 bits per heavy atom. The lowest BCUT2D eigenvalue weighted by molar-refractivity contribution is -0.139. The first-order valence-corrected chi connectivity index (χ1v) is 8.01. The number of Topliss-reactive ketones (excluding diaryl/α,β-unsaturated/α-hetero) is 1. The number of aryl methyl sites for hydroxylation is 3. The highest BCUT2D eigenvalue weighted by Crippen LogP contribution is 2.35. The van der Waals surface area contributed by atoms with Crippen LogP contribution in [0.25, 0.3) is 0 Å². The zero-order chi connectivity index (χ0) is 16.7. The molecule has 2 aliphatic rings. The fourth-order valence-electron chi connectivity index (χ4n) is 3.51. The molecule has 1 aromatic carbocycles. The van der Waals surface area contributed by atoms with Crippen LogP contribution in [0.5, 0.6) is 0 Å². The average Bonchev–Trinajstić information content (AvgIpc) is 2.76. The van der Waals surface area contributed by atoms with E-state index in [0.717, 1.165) is 16.7 Å². The molecule has 0 spiro atoms. The highest BCUT2D eigenvalue weighted by Gasteiger charge is 2.47.